The predicted molar refractivity (Wildman–Crippen MR) is 98.4 cm³/mol. The Bertz CT molecular complexity index is 1120. The lowest BCUT2D eigenvalue weighted by molar-refractivity contribution is 0.530. The van der Waals surface area contributed by atoms with E-state index in [0.717, 1.165) is 0 Å². The zero-order valence-electron chi connectivity index (χ0n) is 15.2. The second-order valence-electron chi connectivity index (χ2n) is 6.13. The minimum Gasteiger partial charge on any atom is -0.421 e. The Labute approximate surface area is 161 Å². The van der Waals surface area contributed by atoms with Crippen molar-refractivity contribution in [2.75, 3.05) is 0 Å². The fourth-order valence-corrected chi connectivity index (χ4v) is 4.53. The average molecular weight is 413 g/mol. The molecule has 3 aromatic rings. The monoisotopic (exact) mass is 412 g/mol. The van der Waals surface area contributed by atoms with Crippen molar-refractivity contribution >= 4 is 21.6 Å². The maximum atomic E-state index is 13.3. The van der Waals surface area contributed by atoms with E-state index in [1.807, 2.05) is 0 Å². The quantitative estimate of drug-likeness (QED) is 0.694. The molecule has 1 N–H and O–H groups in total. The van der Waals surface area contributed by atoms with Crippen LogP contribution in [0.3, 0.4) is 0 Å². The van der Waals surface area contributed by atoms with Gasteiger partial charge in [0.1, 0.15) is 10.7 Å². The lowest BCUT2D eigenvalue weighted by atomic mass is 10.2. The highest BCUT2D eigenvalue weighted by atomic mass is 35.5. The van der Waals surface area contributed by atoms with Crippen LogP contribution in [0.15, 0.2) is 27.5 Å². The number of hydrogen-bond donors (Lipinski definition) is 1. The van der Waals surface area contributed by atoms with Gasteiger partial charge in [0, 0.05) is 31.9 Å². The number of hydrogen-bond acceptors (Lipinski definition) is 5. The first-order valence-corrected chi connectivity index (χ1v) is 9.88. The Morgan fingerprint density at radius 3 is 2.52 bits per heavy atom. The maximum Gasteiger partial charge on any atom is 0.250 e. The second kappa shape index (κ2) is 7.06. The molecular formula is C17H18ClFN4O3S. The molecule has 0 aliphatic rings. The van der Waals surface area contributed by atoms with Gasteiger partial charge < -0.3 is 8.98 Å². The first-order valence-electron chi connectivity index (χ1n) is 8.01. The van der Waals surface area contributed by atoms with Crippen LogP contribution in [0.5, 0.6) is 0 Å². The van der Waals surface area contributed by atoms with Crippen molar-refractivity contribution in [3.8, 4) is 11.5 Å². The van der Waals surface area contributed by atoms with Crippen LogP contribution >= 0.6 is 11.6 Å². The smallest absolute Gasteiger partial charge is 0.250 e. The highest BCUT2D eigenvalue weighted by molar-refractivity contribution is 7.89. The first kappa shape index (κ1) is 19.5. The van der Waals surface area contributed by atoms with E-state index in [1.54, 1.807) is 32.4 Å². The molecule has 0 amide bonds. The summed E-state index contributed by atoms with van der Waals surface area (Å²) in [4.78, 5) is 0.0689. The normalized spacial score (nSPS) is 11.9. The molecule has 0 unspecified atom stereocenters. The number of aryl methyl sites for hydroxylation is 1. The van der Waals surface area contributed by atoms with E-state index in [4.69, 9.17) is 16.0 Å². The lowest BCUT2D eigenvalue weighted by Crippen LogP contribution is -2.24. The Morgan fingerprint density at radius 2 is 1.93 bits per heavy atom. The summed E-state index contributed by atoms with van der Waals surface area (Å²) < 4.78 is 49.1. The molecule has 2 heterocycles. The molecule has 27 heavy (non-hydrogen) atoms. The van der Waals surface area contributed by atoms with E-state index in [1.165, 1.54) is 18.2 Å². The molecule has 0 saturated carbocycles. The molecule has 0 atom stereocenters. The minimum absolute atomic E-state index is 0.0436. The number of aromatic nitrogens is 3. The van der Waals surface area contributed by atoms with Crippen molar-refractivity contribution in [1.29, 1.82) is 0 Å². The van der Waals surface area contributed by atoms with Crippen molar-refractivity contribution in [2.45, 2.75) is 32.2 Å². The van der Waals surface area contributed by atoms with Crippen LogP contribution in [0.1, 0.15) is 22.8 Å². The van der Waals surface area contributed by atoms with Gasteiger partial charge in [0.2, 0.25) is 15.9 Å². The van der Waals surface area contributed by atoms with Gasteiger partial charge in [0.05, 0.1) is 10.6 Å². The van der Waals surface area contributed by atoms with Crippen LogP contribution in [0.2, 0.25) is 5.02 Å². The van der Waals surface area contributed by atoms with E-state index in [-0.39, 0.29) is 22.4 Å². The highest BCUT2D eigenvalue weighted by Gasteiger charge is 2.30. The van der Waals surface area contributed by atoms with Crippen LogP contribution in [-0.4, -0.2) is 23.2 Å². The number of halogens is 2. The molecule has 0 saturated heterocycles. The Balaban J connectivity index is 2.01. The zero-order valence-corrected chi connectivity index (χ0v) is 16.7. The van der Waals surface area contributed by atoms with Crippen LogP contribution in [0.25, 0.3) is 11.5 Å². The van der Waals surface area contributed by atoms with Gasteiger partial charge in [0.15, 0.2) is 0 Å². The van der Waals surface area contributed by atoms with Crippen molar-refractivity contribution in [3.05, 3.63) is 51.9 Å². The summed E-state index contributed by atoms with van der Waals surface area (Å²) >= 11 is 5.75. The van der Waals surface area contributed by atoms with Crippen LogP contribution < -0.4 is 4.72 Å². The van der Waals surface area contributed by atoms with E-state index in [9.17, 15) is 12.8 Å². The number of benzene rings is 1. The van der Waals surface area contributed by atoms with Crippen molar-refractivity contribution in [3.63, 3.8) is 0 Å². The molecule has 7 nitrogen and oxygen atoms in total. The average Bonchev–Trinajstić information content (AvgIpc) is 3.13. The summed E-state index contributed by atoms with van der Waals surface area (Å²) in [6, 6.07) is 4.04. The summed E-state index contributed by atoms with van der Waals surface area (Å²) in [5.41, 5.74) is 2.11. The Hall–Kier alpha value is -2.23. The summed E-state index contributed by atoms with van der Waals surface area (Å²) in [6.07, 6.45) is 0. The lowest BCUT2D eigenvalue weighted by Gasteiger charge is -2.09. The third-order valence-electron chi connectivity index (χ3n) is 4.38. The van der Waals surface area contributed by atoms with Crippen LogP contribution in [0.4, 0.5) is 4.39 Å². The number of sulfonamides is 1. The molecule has 0 aliphatic heterocycles. The highest BCUT2D eigenvalue weighted by Crippen LogP contribution is 2.34. The summed E-state index contributed by atoms with van der Waals surface area (Å²) in [5.74, 6) is -0.0890. The number of nitrogens with zero attached hydrogens (tertiary/aromatic N) is 3. The van der Waals surface area contributed by atoms with E-state index < -0.39 is 15.8 Å². The predicted octanol–water partition coefficient (Wildman–Crippen LogP) is 3.27. The molecular weight excluding hydrogens is 395 g/mol. The molecule has 0 fully saturated rings. The zero-order chi connectivity index (χ0) is 19.9. The standard InChI is InChI=1S/C17H18ClFN4O3S/c1-9-15(17-22-21-11(3)26-17)16(10(2)23(9)4)27(24,25)20-8-12-5-6-14(19)13(18)7-12/h5-7,20H,8H2,1-4H3. The van der Waals surface area contributed by atoms with E-state index >= 15 is 0 Å². The molecule has 0 spiro atoms. The van der Waals surface area contributed by atoms with Crippen molar-refractivity contribution in [1.82, 2.24) is 19.5 Å². The van der Waals surface area contributed by atoms with Gasteiger partial charge in [-0.2, -0.15) is 0 Å². The molecule has 0 radical (unpaired) electrons. The number of nitrogens with one attached hydrogen (secondary N) is 1. The van der Waals surface area contributed by atoms with Gasteiger partial charge in [0.25, 0.3) is 5.89 Å². The SMILES string of the molecule is Cc1nnc(-c2c(S(=O)(=O)NCc3ccc(F)c(Cl)c3)c(C)n(C)c2C)o1. The second-order valence-corrected chi connectivity index (χ2v) is 8.24. The molecule has 3 rings (SSSR count). The van der Waals surface area contributed by atoms with Gasteiger partial charge in [-0.1, -0.05) is 17.7 Å². The molecule has 2 aromatic heterocycles. The van der Waals surface area contributed by atoms with Gasteiger partial charge >= 0.3 is 0 Å². The fraction of sp³-hybridized carbons (Fsp3) is 0.294. The minimum atomic E-state index is -3.92. The Kier molecular flexibility index (Phi) is 5.11. The Morgan fingerprint density at radius 1 is 1.22 bits per heavy atom. The molecule has 10 heteroatoms. The molecule has 1 aromatic carbocycles. The molecule has 0 bridgehead atoms. The van der Waals surface area contributed by atoms with Gasteiger partial charge in [-0.05, 0) is 31.5 Å². The van der Waals surface area contributed by atoms with Gasteiger partial charge in [-0.3, -0.25) is 0 Å². The van der Waals surface area contributed by atoms with Gasteiger partial charge in [-0.25, -0.2) is 17.5 Å². The number of rotatable bonds is 5. The first-order chi connectivity index (χ1) is 12.6. The topological polar surface area (TPSA) is 90.0 Å². The summed E-state index contributed by atoms with van der Waals surface area (Å²) in [7, 11) is -2.16. The fourth-order valence-electron chi connectivity index (χ4n) is 2.80. The van der Waals surface area contributed by atoms with E-state index in [2.05, 4.69) is 14.9 Å². The summed E-state index contributed by atoms with van der Waals surface area (Å²) in [6.45, 7) is 5.06. The molecule has 144 valence electrons. The van der Waals surface area contributed by atoms with Gasteiger partial charge in [-0.15, -0.1) is 10.2 Å². The summed E-state index contributed by atoms with van der Waals surface area (Å²) in [5, 5.41) is 7.68. The molecule has 0 aliphatic carbocycles. The third-order valence-corrected chi connectivity index (χ3v) is 6.23. The van der Waals surface area contributed by atoms with Crippen LogP contribution in [0, 0.1) is 26.6 Å². The third kappa shape index (κ3) is 3.62. The van der Waals surface area contributed by atoms with Crippen molar-refractivity contribution < 1.29 is 17.2 Å². The largest absolute Gasteiger partial charge is 0.421 e. The maximum absolute atomic E-state index is 13.3. The van der Waals surface area contributed by atoms with Crippen molar-refractivity contribution in [2.24, 2.45) is 7.05 Å². The van der Waals surface area contributed by atoms with E-state index in [0.29, 0.717) is 28.4 Å². The van der Waals surface area contributed by atoms with Crippen LogP contribution in [-0.2, 0) is 23.6 Å².